The van der Waals surface area contributed by atoms with E-state index in [-0.39, 0.29) is 91.0 Å². The van der Waals surface area contributed by atoms with Crippen LogP contribution in [0.5, 0.6) is 0 Å². The standard InChI is InChI=1S/Bi.Mo.3O.Pb/q;;3*-2;. The summed E-state index contributed by atoms with van der Waals surface area (Å²) in [7, 11) is 0. The Kier molecular flexibility index (Phi) is 716. The topological polar surface area (TPSA) is 85.5 Å². The van der Waals surface area contributed by atoms with E-state index in [4.69, 9.17) is 0 Å². The van der Waals surface area contributed by atoms with Crippen LogP contribution in [0.1, 0.15) is 0 Å². The minimum atomic E-state index is 0. The molecule has 0 saturated carbocycles. The maximum atomic E-state index is 0. The van der Waals surface area contributed by atoms with E-state index in [0.29, 0.717) is 0 Å². The van der Waals surface area contributed by atoms with Gasteiger partial charge in [-0.15, -0.1) is 0 Å². The van der Waals surface area contributed by atoms with Crippen molar-refractivity contribution in [3.8, 4) is 0 Å². The zero-order valence-corrected chi connectivity index (χ0v) is 12.0. The summed E-state index contributed by atoms with van der Waals surface area (Å²) in [4.78, 5) is 0. The van der Waals surface area contributed by atoms with Crippen LogP contribution in [0.3, 0.4) is 0 Å². The molecule has 0 bridgehead atoms. The Balaban J connectivity index is 0. The van der Waals surface area contributed by atoms with Gasteiger partial charge in [0.2, 0.25) is 0 Å². The first-order chi connectivity index (χ1) is 0. The van der Waals surface area contributed by atoms with Crippen LogP contribution in [0.25, 0.3) is 0 Å². The van der Waals surface area contributed by atoms with Crippen LogP contribution in [0.15, 0.2) is 0 Å². The molecule has 0 N–H and O–H groups in total. The van der Waals surface area contributed by atoms with Gasteiger partial charge < -0.3 is 16.4 Å². The van der Waals surface area contributed by atoms with E-state index >= 15 is 0 Å². The number of hydrogen-bond donors (Lipinski definition) is 0. The molecule has 0 fully saturated rings. The first-order valence-corrected chi connectivity index (χ1v) is 0. The van der Waals surface area contributed by atoms with Gasteiger partial charge in [-0.1, -0.05) is 0 Å². The molecule has 0 aromatic heterocycles. The zero-order valence-electron chi connectivity index (χ0n) is 2.58. The molecule has 6 heavy (non-hydrogen) atoms. The number of rotatable bonds is 0. The summed E-state index contributed by atoms with van der Waals surface area (Å²) in [5, 5.41) is 0. The van der Waals surface area contributed by atoms with E-state index in [1.54, 1.807) is 0 Å². The largest absolute Gasteiger partial charge is 2.00 e. The fraction of sp³-hybridized carbons (Fsp3) is 0. The monoisotopic (exact) mass is 563 g/mol. The van der Waals surface area contributed by atoms with Crippen molar-refractivity contribution in [3.63, 3.8) is 0 Å². The molecule has 0 unspecified atom stereocenters. The quantitative estimate of drug-likeness (QED) is 0.337. The Labute approximate surface area is 89.7 Å². The van der Waals surface area contributed by atoms with E-state index < -0.39 is 0 Å². The van der Waals surface area contributed by atoms with Gasteiger partial charge >= 0.3 is 0 Å². The summed E-state index contributed by atoms with van der Waals surface area (Å²) >= 11 is 0. The van der Waals surface area contributed by atoms with Crippen LogP contribution in [0.4, 0.5) is 0 Å². The Bertz CT molecular complexity index is 10.8. The SMILES string of the molecule is [Bi].[Mo].[O-2].[O-2].[O-2].[Pb]. The van der Waals surface area contributed by atoms with Gasteiger partial charge in [0.05, 0.1) is 0 Å². The summed E-state index contributed by atoms with van der Waals surface area (Å²) in [6, 6.07) is 0. The molecule has 0 atom stereocenters. The normalized spacial score (nSPS) is 0. The fourth-order valence-electron chi connectivity index (χ4n) is 0. The molecular formula is BiMoO3Pb-6. The number of hydrogen-bond acceptors (Lipinski definition) is 0. The van der Waals surface area contributed by atoms with Gasteiger partial charge in [0.25, 0.3) is 0 Å². The Hall–Kier alpha value is 2.37. The Morgan fingerprint density at radius 2 is 0.667 bits per heavy atom. The Morgan fingerprint density at radius 3 is 0.667 bits per heavy atom. The molecule has 0 spiro atoms. The zero-order chi connectivity index (χ0) is 0. The average molecular weight is 560 g/mol. The van der Waals surface area contributed by atoms with Crippen molar-refractivity contribution in [3.05, 3.63) is 0 Å². The maximum Gasteiger partial charge on any atom is 0 e. The minimum Gasteiger partial charge on any atom is -2.00 e. The van der Waals surface area contributed by atoms with Crippen LogP contribution >= 0.6 is 0 Å². The van der Waals surface area contributed by atoms with Crippen LogP contribution in [0.2, 0.25) is 0 Å². The van der Waals surface area contributed by atoms with Crippen LogP contribution in [-0.2, 0) is 37.5 Å². The van der Waals surface area contributed by atoms with Crippen LogP contribution in [-0.4, -0.2) is 53.5 Å². The van der Waals surface area contributed by atoms with Crippen molar-refractivity contribution in [1.29, 1.82) is 0 Å². The molecule has 0 rings (SSSR count). The Morgan fingerprint density at radius 1 is 0.667 bits per heavy atom. The summed E-state index contributed by atoms with van der Waals surface area (Å²) in [6.45, 7) is 0. The van der Waals surface area contributed by atoms with Crippen molar-refractivity contribution in [2.24, 2.45) is 0 Å². The van der Waals surface area contributed by atoms with E-state index in [1.807, 2.05) is 0 Å². The first-order valence-electron chi connectivity index (χ1n) is 0. The van der Waals surface area contributed by atoms with E-state index in [1.165, 1.54) is 0 Å². The second kappa shape index (κ2) is 53.2. The van der Waals surface area contributed by atoms with Crippen molar-refractivity contribution in [2.75, 3.05) is 0 Å². The predicted molar refractivity (Wildman–Crippen MR) is 13.6 cm³/mol. The third kappa shape index (κ3) is 32.7. The smallest absolute Gasteiger partial charge is 0 e. The molecule has 0 aromatic rings. The molecule has 0 amide bonds. The van der Waals surface area contributed by atoms with Gasteiger partial charge in [-0.05, 0) is 0 Å². The second-order valence-electron chi connectivity index (χ2n) is 0. The van der Waals surface area contributed by atoms with E-state index in [9.17, 15) is 0 Å². The van der Waals surface area contributed by atoms with Gasteiger partial charge in [0.1, 0.15) is 0 Å². The molecule has 0 aromatic carbocycles. The summed E-state index contributed by atoms with van der Waals surface area (Å²) < 4.78 is 0. The van der Waals surface area contributed by atoms with Gasteiger partial charge in [-0.3, -0.25) is 0 Å². The third-order valence-corrected chi connectivity index (χ3v) is 0. The average Bonchev–Trinajstić information content (AvgIpc) is 0. The first kappa shape index (κ1) is 80.8. The van der Waals surface area contributed by atoms with Gasteiger partial charge in [-0.2, -0.15) is 0 Å². The molecule has 0 aliphatic carbocycles. The van der Waals surface area contributed by atoms with Crippen molar-refractivity contribution >= 4 is 53.5 Å². The molecule has 3 nitrogen and oxygen atoms in total. The second-order valence-corrected chi connectivity index (χ2v) is 0. The minimum absolute atomic E-state index is 0. The maximum absolute atomic E-state index is 0. The van der Waals surface area contributed by atoms with E-state index in [2.05, 4.69) is 0 Å². The van der Waals surface area contributed by atoms with Gasteiger partial charge in [0.15, 0.2) is 0 Å². The molecule has 0 heterocycles. The van der Waals surface area contributed by atoms with Crippen molar-refractivity contribution < 1.29 is 37.5 Å². The van der Waals surface area contributed by atoms with Gasteiger partial charge in [0, 0.05) is 74.6 Å². The van der Waals surface area contributed by atoms with Crippen molar-refractivity contribution in [2.45, 2.75) is 0 Å². The molecule has 39 valence electrons. The molecular weight excluding hydrogens is 560 g/mol. The van der Waals surface area contributed by atoms with Crippen molar-refractivity contribution in [1.82, 2.24) is 0 Å². The summed E-state index contributed by atoms with van der Waals surface area (Å²) in [5.74, 6) is 0. The summed E-state index contributed by atoms with van der Waals surface area (Å²) in [5.41, 5.74) is 0. The van der Waals surface area contributed by atoms with Crippen LogP contribution < -0.4 is 0 Å². The van der Waals surface area contributed by atoms with Gasteiger partial charge in [-0.25, -0.2) is 0 Å². The summed E-state index contributed by atoms with van der Waals surface area (Å²) in [6.07, 6.45) is 0. The molecule has 0 saturated heterocycles. The predicted octanol–water partition coefficient (Wildman–Crippen LogP) is -1.12. The molecule has 0 aliphatic heterocycles. The molecule has 6 heteroatoms. The van der Waals surface area contributed by atoms with Crippen LogP contribution in [0, 0.1) is 0 Å². The molecule has 7 radical (unpaired) electrons. The van der Waals surface area contributed by atoms with E-state index in [0.717, 1.165) is 0 Å². The molecule has 0 aliphatic rings. The fourth-order valence-corrected chi connectivity index (χ4v) is 0. The third-order valence-electron chi connectivity index (χ3n) is 0.